The fourth-order valence-corrected chi connectivity index (χ4v) is 3.66. The van der Waals surface area contributed by atoms with Crippen LogP contribution >= 0.6 is 23.4 Å². The van der Waals surface area contributed by atoms with Gasteiger partial charge in [-0.2, -0.15) is 0 Å². The summed E-state index contributed by atoms with van der Waals surface area (Å²) in [6.07, 6.45) is 1.62. The third-order valence-electron chi connectivity index (χ3n) is 4.06. The van der Waals surface area contributed by atoms with E-state index in [1.54, 1.807) is 18.3 Å². The average Bonchev–Trinajstić information content (AvgIpc) is 3.19. The molecule has 0 atom stereocenters. The Morgan fingerprint density at radius 3 is 2.79 bits per heavy atom. The molecule has 0 bridgehead atoms. The first-order valence-electron chi connectivity index (χ1n) is 8.77. The van der Waals surface area contributed by atoms with E-state index in [4.69, 9.17) is 16.3 Å². The van der Waals surface area contributed by atoms with Gasteiger partial charge < -0.3 is 9.64 Å². The minimum absolute atomic E-state index is 0.0200. The Morgan fingerprint density at radius 1 is 1.21 bits per heavy atom. The molecule has 28 heavy (non-hydrogen) atoms. The Balaban J connectivity index is 1.67. The number of nitrogens with zero attached hydrogens (tertiary/aromatic N) is 4. The predicted octanol–water partition coefficient (Wildman–Crippen LogP) is 3.69. The van der Waals surface area contributed by atoms with Gasteiger partial charge in [-0.15, -0.1) is 10.2 Å². The number of hydrogen-bond donors (Lipinski definition) is 0. The summed E-state index contributed by atoms with van der Waals surface area (Å²) in [7, 11) is 1.63. The van der Waals surface area contributed by atoms with Gasteiger partial charge in [-0.1, -0.05) is 59.8 Å². The molecule has 3 aromatic rings. The van der Waals surface area contributed by atoms with Crippen LogP contribution in [0.5, 0.6) is 0 Å². The summed E-state index contributed by atoms with van der Waals surface area (Å²) in [4.78, 5) is 14.6. The summed E-state index contributed by atoms with van der Waals surface area (Å²) >= 11 is 7.42. The fraction of sp³-hybridized carbons (Fsp3) is 0.250. The zero-order valence-electron chi connectivity index (χ0n) is 15.5. The zero-order valence-corrected chi connectivity index (χ0v) is 17.1. The molecule has 0 aliphatic rings. The molecule has 0 N–H and O–H groups in total. The van der Waals surface area contributed by atoms with E-state index in [9.17, 15) is 4.79 Å². The number of methoxy groups -OCH3 is 1. The number of benzene rings is 2. The van der Waals surface area contributed by atoms with Crippen molar-refractivity contribution in [2.24, 2.45) is 0 Å². The van der Waals surface area contributed by atoms with Crippen molar-refractivity contribution in [3.63, 3.8) is 0 Å². The number of hydrogen-bond acceptors (Lipinski definition) is 5. The van der Waals surface area contributed by atoms with E-state index >= 15 is 0 Å². The molecule has 0 fully saturated rings. The van der Waals surface area contributed by atoms with Gasteiger partial charge in [-0.05, 0) is 23.8 Å². The normalized spacial score (nSPS) is 10.8. The molecule has 0 saturated heterocycles. The largest absolute Gasteiger partial charge is 0.383 e. The Morgan fingerprint density at radius 2 is 2.04 bits per heavy atom. The van der Waals surface area contributed by atoms with Gasteiger partial charge in [0.25, 0.3) is 0 Å². The highest BCUT2D eigenvalue weighted by atomic mass is 35.5. The number of halogens is 1. The Labute approximate surface area is 173 Å². The van der Waals surface area contributed by atoms with Crippen molar-refractivity contribution in [2.45, 2.75) is 11.7 Å². The number of thioether (sulfide) groups is 1. The van der Waals surface area contributed by atoms with Gasteiger partial charge >= 0.3 is 0 Å². The lowest BCUT2D eigenvalue weighted by molar-refractivity contribution is -0.129. The molecule has 0 saturated carbocycles. The van der Waals surface area contributed by atoms with Crippen LogP contribution in [-0.2, 0) is 16.1 Å². The molecule has 1 aromatic heterocycles. The lowest BCUT2D eigenvalue weighted by atomic mass is 10.2. The summed E-state index contributed by atoms with van der Waals surface area (Å²) in [5.74, 6) is 0.280. The Hall–Kier alpha value is -2.35. The molecule has 146 valence electrons. The third kappa shape index (κ3) is 5.58. The van der Waals surface area contributed by atoms with Crippen LogP contribution in [0.1, 0.15) is 5.56 Å². The minimum Gasteiger partial charge on any atom is -0.383 e. The van der Waals surface area contributed by atoms with Gasteiger partial charge in [-0.25, -0.2) is 0 Å². The van der Waals surface area contributed by atoms with Gasteiger partial charge in [0.1, 0.15) is 6.33 Å². The summed E-state index contributed by atoms with van der Waals surface area (Å²) in [6, 6.07) is 17.3. The van der Waals surface area contributed by atoms with Crippen LogP contribution in [0.25, 0.3) is 5.69 Å². The van der Waals surface area contributed by atoms with E-state index in [1.165, 1.54) is 11.8 Å². The van der Waals surface area contributed by atoms with Gasteiger partial charge in [0, 0.05) is 25.2 Å². The van der Waals surface area contributed by atoms with E-state index < -0.39 is 0 Å². The van der Waals surface area contributed by atoms with Crippen LogP contribution in [0.3, 0.4) is 0 Å². The highest BCUT2D eigenvalue weighted by Gasteiger charge is 2.16. The fourth-order valence-electron chi connectivity index (χ4n) is 2.64. The van der Waals surface area contributed by atoms with Crippen LogP contribution in [0.2, 0.25) is 5.02 Å². The second kappa shape index (κ2) is 10.3. The zero-order chi connectivity index (χ0) is 19.8. The highest BCUT2D eigenvalue weighted by molar-refractivity contribution is 7.99. The number of rotatable bonds is 9. The second-order valence-corrected chi connectivity index (χ2v) is 7.42. The molecule has 6 nitrogen and oxygen atoms in total. The van der Waals surface area contributed by atoms with E-state index in [0.717, 1.165) is 11.3 Å². The summed E-state index contributed by atoms with van der Waals surface area (Å²) in [5, 5.41) is 9.38. The van der Waals surface area contributed by atoms with E-state index in [2.05, 4.69) is 10.2 Å². The van der Waals surface area contributed by atoms with Crippen LogP contribution in [0.15, 0.2) is 66.1 Å². The first kappa shape index (κ1) is 20.4. The first-order valence-corrected chi connectivity index (χ1v) is 10.1. The molecule has 0 radical (unpaired) electrons. The van der Waals surface area contributed by atoms with Crippen molar-refractivity contribution in [1.82, 2.24) is 19.7 Å². The molecule has 3 rings (SSSR count). The minimum atomic E-state index is 0.0200. The van der Waals surface area contributed by atoms with Crippen molar-refractivity contribution >= 4 is 29.3 Å². The van der Waals surface area contributed by atoms with Crippen LogP contribution in [0.4, 0.5) is 0 Å². The summed E-state index contributed by atoms with van der Waals surface area (Å²) in [5.41, 5.74) is 1.94. The first-order chi connectivity index (χ1) is 13.7. The Bertz CT molecular complexity index is 904. The maximum absolute atomic E-state index is 12.8. The Kier molecular flexibility index (Phi) is 7.47. The number of carbonyl (C=O) groups is 1. The van der Waals surface area contributed by atoms with Crippen molar-refractivity contribution in [3.05, 3.63) is 71.5 Å². The van der Waals surface area contributed by atoms with Gasteiger partial charge in [0.05, 0.1) is 18.0 Å². The van der Waals surface area contributed by atoms with Crippen molar-refractivity contribution in [3.8, 4) is 5.69 Å². The molecule has 0 aliphatic heterocycles. The van der Waals surface area contributed by atoms with E-state index in [0.29, 0.717) is 29.9 Å². The molecule has 0 aliphatic carbocycles. The van der Waals surface area contributed by atoms with Gasteiger partial charge in [0.2, 0.25) is 5.91 Å². The monoisotopic (exact) mass is 416 g/mol. The number of ether oxygens (including phenoxy) is 1. The molecular formula is C20H21ClN4O2S. The maximum Gasteiger partial charge on any atom is 0.233 e. The summed E-state index contributed by atoms with van der Waals surface area (Å²) in [6.45, 7) is 1.57. The molecular weight excluding hydrogens is 396 g/mol. The molecule has 8 heteroatoms. The lowest BCUT2D eigenvalue weighted by Gasteiger charge is -2.22. The third-order valence-corrected chi connectivity index (χ3v) is 5.22. The quantitative estimate of drug-likeness (QED) is 0.498. The van der Waals surface area contributed by atoms with Crippen LogP contribution in [0, 0.1) is 0 Å². The SMILES string of the molecule is COCCN(Cc1ccccc1)C(=O)CSc1nncn1-c1cccc(Cl)c1. The summed E-state index contributed by atoms with van der Waals surface area (Å²) < 4.78 is 6.98. The number of aromatic nitrogens is 3. The average molecular weight is 417 g/mol. The number of amides is 1. The standard InChI is InChI=1S/C20H21ClN4O2S/c1-27-11-10-24(13-16-6-3-2-4-7-16)19(26)14-28-20-23-22-15-25(20)18-9-5-8-17(21)12-18/h2-9,12,15H,10-11,13-14H2,1H3. The highest BCUT2D eigenvalue weighted by Crippen LogP contribution is 2.22. The van der Waals surface area contributed by atoms with Gasteiger partial charge in [-0.3, -0.25) is 9.36 Å². The van der Waals surface area contributed by atoms with E-state index in [-0.39, 0.29) is 11.7 Å². The van der Waals surface area contributed by atoms with Gasteiger partial charge in [0.15, 0.2) is 5.16 Å². The predicted molar refractivity (Wildman–Crippen MR) is 111 cm³/mol. The lowest BCUT2D eigenvalue weighted by Crippen LogP contribution is -2.34. The second-order valence-electron chi connectivity index (χ2n) is 6.05. The molecule has 1 heterocycles. The van der Waals surface area contributed by atoms with Crippen LogP contribution in [-0.4, -0.2) is 51.6 Å². The smallest absolute Gasteiger partial charge is 0.233 e. The molecule has 2 aromatic carbocycles. The maximum atomic E-state index is 12.8. The number of carbonyl (C=O) groups excluding carboxylic acids is 1. The molecule has 0 spiro atoms. The molecule has 1 amide bonds. The van der Waals surface area contributed by atoms with Crippen molar-refractivity contribution in [1.29, 1.82) is 0 Å². The molecule has 0 unspecified atom stereocenters. The topological polar surface area (TPSA) is 60.2 Å². The van der Waals surface area contributed by atoms with Crippen molar-refractivity contribution < 1.29 is 9.53 Å². The van der Waals surface area contributed by atoms with Crippen molar-refractivity contribution in [2.75, 3.05) is 26.0 Å². The van der Waals surface area contributed by atoms with Crippen LogP contribution < -0.4 is 0 Å². The van der Waals surface area contributed by atoms with E-state index in [1.807, 2.05) is 59.2 Å².